The summed E-state index contributed by atoms with van der Waals surface area (Å²) in [5.41, 5.74) is 5.93. The summed E-state index contributed by atoms with van der Waals surface area (Å²) >= 11 is 0. The van der Waals surface area contributed by atoms with Gasteiger partial charge in [-0.15, -0.1) is 0 Å². The molecular formula is C13H25N3O. The van der Waals surface area contributed by atoms with Crippen LogP contribution in [0, 0.1) is 0 Å². The number of nitrogens with two attached hydrogens (primary N) is 1. The summed E-state index contributed by atoms with van der Waals surface area (Å²) in [6.45, 7) is 7.80. The Hall–Kier alpha value is -0.610. The molecule has 0 radical (unpaired) electrons. The topological polar surface area (TPSA) is 49.6 Å². The van der Waals surface area contributed by atoms with Gasteiger partial charge in [0.05, 0.1) is 6.54 Å². The Kier molecular flexibility index (Phi) is 3.73. The molecule has 0 saturated carbocycles. The monoisotopic (exact) mass is 239 g/mol. The standard InChI is InChI=1S/C13H25N3O/c1-13(2)6-3-7-16(13)12(17)10-15-8-4-11(14)5-9-15/h11H,3-10,14H2,1-2H3. The van der Waals surface area contributed by atoms with E-state index in [-0.39, 0.29) is 5.54 Å². The number of amides is 1. The molecule has 2 N–H and O–H groups in total. The summed E-state index contributed by atoms with van der Waals surface area (Å²) in [7, 11) is 0. The van der Waals surface area contributed by atoms with Crippen molar-refractivity contribution in [3.8, 4) is 0 Å². The van der Waals surface area contributed by atoms with E-state index in [0.29, 0.717) is 18.5 Å². The van der Waals surface area contributed by atoms with Crippen molar-refractivity contribution in [2.45, 2.75) is 51.1 Å². The van der Waals surface area contributed by atoms with Crippen LogP contribution < -0.4 is 5.73 Å². The first-order valence-electron chi connectivity index (χ1n) is 6.77. The van der Waals surface area contributed by atoms with Crippen molar-refractivity contribution in [3.05, 3.63) is 0 Å². The fourth-order valence-electron chi connectivity index (χ4n) is 2.96. The summed E-state index contributed by atoms with van der Waals surface area (Å²) in [5, 5.41) is 0. The van der Waals surface area contributed by atoms with Gasteiger partial charge in [-0.1, -0.05) is 0 Å². The molecule has 2 heterocycles. The number of likely N-dealkylation sites (tertiary alicyclic amines) is 2. The van der Waals surface area contributed by atoms with Crippen molar-refractivity contribution in [2.24, 2.45) is 5.73 Å². The minimum Gasteiger partial charge on any atom is -0.336 e. The Morgan fingerprint density at radius 2 is 1.94 bits per heavy atom. The SMILES string of the molecule is CC1(C)CCCN1C(=O)CN1CCC(N)CC1. The number of carbonyl (C=O) groups excluding carboxylic acids is 1. The molecule has 1 amide bonds. The van der Waals surface area contributed by atoms with Crippen molar-refractivity contribution in [1.82, 2.24) is 9.80 Å². The molecule has 2 aliphatic rings. The Balaban J connectivity index is 1.85. The minimum atomic E-state index is 0.0588. The highest BCUT2D eigenvalue weighted by Crippen LogP contribution is 2.28. The second-order valence-electron chi connectivity index (χ2n) is 6.07. The molecule has 98 valence electrons. The fourth-order valence-corrected chi connectivity index (χ4v) is 2.96. The van der Waals surface area contributed by atoms with Crippen molar-refractivity contribution in [1.29, 1.82) is 0 Å². The molecule has 0 aliphatic carbocycles. The fraction of sp³-hybridized carbons (Fsp3) is 0.923. The van der Waals surface area contributed by atoms with Crippen LogP contribution >= 0.6 is 0 Å². The lowest BCUT2D eigenvalue weighted by Crippen LogP contribution is -2.49. The summed E-state index contributed by atoms with van der Waals surface area (Å²) < 4.78 is 0. The van der Waals surface area contributed by atoms with Gasteiger partial charge in [0.15, 0.2) is 0 Å². The highest BCUT2D eigenvalue weighted by molar-refractivity contribution is 5.79. The van der Waals surface area contributed by atoms with Crippen LogP contribution in [-0.4, -0.2) is 53.5 Å². The average molecular weight is 239 g/mol. The summed E-state index contributed by atoms with van der Waals surface area (Å²) in [6.07, 6.45) is 4.32. The third-order valence-corrected chi connectivity index (χ3v) is 4.19. The molecular weight excluding hydrogens is 214 g/mol. The second kappa shape index (κ2) is 4.94. The predicted octanol–water partition coefficient (Wildman–Crippen LogP) is 0.811. The number of carbonyl (C=O) groups is 1. The van der Waals surface area contributed by atoms with Gasteiger partial charge in [-0.05, 0) is 39.5 Å². The smallest absolute Gasteiger partial charge is 0.237 e. The maximum Gasteiger partial charge on any atom is 0.237 e. The van der Waals surface area contributed by atoms with Crippen LogP contribution in [0.4, 0.5) is 0 Å². The van der Waals surface area contributed by atoms with Crippen LogP contribution in [0.15, 0.2) is 0 Å². The van der Waals surface area contributed by atoms with Gasteiger partial charge in [-0.3, -0.25) is 9.69 Å². The molecule has 2 rings (SSSR count). The van der Waals surface area contributed by atoms with E-state index in [4.69, 9.17) is 5.73 Å². The lowest BCUT2D eigenvalue weighted by Gasteiger charge is -2.35. The Morgan fingerprint density at radius 3 is 2.47 bits per heavy atom. The zero-order chi connectivity index (χ0) is 12.5. The molecule has 0 unspecified atom stereocenters. The first kappa shape index (κ1) is 12.8. The van der Waals surface area contributed by atoms with Gasteiger partial charge in [0.1, 0.15) is 0 Å². The van der Waals surface area contributed by atoms with E-state index in [1.807, 2.05) is 0 Å². The van der Waals surface area contributed by atoms with Crippen LogP contribution in [0.5, 0.6) is 0 Å². The zero-order valence-electron chi connectivity index (χ0n) is 11.1. The van der Waals surface area contributed by atoms with Gasteiger partial charge in [0, 0.05) is 31.2 Å². The molecule has 0 atom stereocenters. The lowest BCUT2D eigenvalue weighted by atomic mass is 10.0. The lowest BCUT2D eigenvalue weighted by molar-refractivity contribution is -0.135. The molecule has 4 nitrogen and oxygen atoms in total. The molecule has 0 aromatic rings. The quantitative estimate of drug-likeness (QED) is 0.776. The van der Waals surface area contributed by atoms with Gasteiger partial charge in [-0.25, -0.2) is 0 Å². The zero-order valence-corrected chi connectivity index (χ0v) is 11.1. The van der Waals surface area contributed by atoms with Gasteiger partial charge in [-0.2, -0.15) is 0 Å². The van der Waals surface area contributed by atoms with E-state index in [2.05, 4.69) is 23.6 Å². The van der Waals surface area contributed by atoms with Gasteiger partial charge < -0.3 is 10.6 Å². The Morgan fingerprint density at radius 1 is 1.29 bits per heavy atom. The highest BCUT2D eigenvalue weighted by atomic mass is 16.2. The van der Waals surface area contributed by atoms with Crippen molar-refractivity contribution >= 4 is 5.91 Å². The second-order valence-corrected chi connectivity index (χ2v) is 6.07. The number of hydrogen-bond donors (Lipinski definition) is 1. The van der Waals surface area contributed by atoms with Crippen LogP contribution in [0.2, 0.25) is 0 Å². The van der Waals surface area contributed by atoms with Crippen molar-refractivity contribution in [2.75, 3.05) is 26.2 Å². The predicted molar refractivity (Wildman–Crippen MR) is 68.7 cm³/mol. The van der Waals surface area contributed by atoms with E-state index < -0.39 is 0 Å². The number of piperidine rings is 1. The third-order valence-electron chi connectivity index (χ3n) is 4.19. The number of rotatable bonds is 2. The van der Waals surface area contributed by atoms with Gasteiger partial charge in [0.2, 0.25) is 5.91 Å². The maximum atomic E-state index is 12.3. The molecule has 2 aliphatic heterocycles. The Bertz CT molecular complexity index is 282. The maximum absolute atomic E-state index is 12.3. The molecule has 0 aromatic carbocycles. The largest absolute Gasteiger partial charge is 0.336 e. The summed E-state index contributed by atoms with van der Waals surface area (Å²) in [4.78, 5) is 16.6. The third kappa shape index (κ3) is 2.99. The Labute approximate surface area is 104 Å². The van der Waals surface area contributed by atoms with Crippen LogP contribution in [0.1, 0.15) is 39.5 Å². The minimum absolute atomic E-state index is 0.0588. The normalized spacial score (nSPS) is 26.4. The van der Waals surface area contributed by atoms with Crippen molar-refractivity contribution < 1.29 is 4.79 Å². The first-order valence-corrected chi connectivity index (χ1v) is 6.77. The van der Waals surface area contributed by atoms with Gasteiger partial charge >= 0.3 is 0 Å². The van der Waals surface area contributed by atoms with Crippen LogP contribution in [0.25, 0.3) is 0 Å². The van der Waals surface area contributed by atoms with E-state index in [1.54, 1.807) is 0 Å². The number of hydrogen-bond acceptors (Lipinski definition) is 3. The summed E-state index contributed by atoms with van der Waals surface area (Å²) in [6, 6.07) is 0.338. The van der Waals surface area contributed by atoms with Crippen LogP contribution in [0.3, 0.4) is 0 Å². The molecule has 0 bridgehead atoms. The van der Waals surface area contributed by atoms with Crippen molar-refractivity contribution in [3.63, 3.8) is 0 Å². The molecule has 17 heavy (non-hydrogen) atoms. The molecule has 2 saturated heterocycles. The average Bonchev–Trinajstić information content (AvgIpc) is 2.61. The highest BCUT2D eigenvalue weighted by Gasteiger charge is 2.35. The number of nitrogens with zero attached hydrogens (tertiary/aromatic N) is 2. The first-order chi connectivity index (χ1) is 7.99. The van der Waals surface area contributed by atoms with E-state index in [1.165, 1.54) is 0 Å². The molecule has 0 spiro atoms. The molecule has 0 aromatic heterocycles. The van der Waals surface area contributed by atoms with E-state index >= 15 is 0 Å². The van der Waals surface area contributed by atoms with Gasteiger partial charge in [0.25, 0.3) is 0 Å². The van der Waals surface area contributed by atoms with E-state index in [0.717, 1.165) is 45.3 Å². The molecule has 4 heteroatoms. The van der Waals surface area contributed by atoms with E-state index in [9.17, 15) is 4.79 Å². The molecule has 2 fully saturated rings. The van der Waals surface area contributed by atoms with Crippen LogP contribution in [-0.2, 0) is 4.79 Å². The summed E-state index contributed by atoms with van der Waals surface area (Å²) in [5.74, 6) is 0.294.